The number of anilines is 1. The zero-order valence-corrected chi connectivity index (χ0v) is 10.6. The maximum atomic E-state index is 9.85. The van der Waals surface area contributed by atoms with Gasteiger partial charge in [-0.05, 0) is 47.5 Å². The molecule has 1 N–H and O–H groups in total. The van der Waals surface area contributed by atoms with Crippen molar-refractivity contribution in [2.24, 2.45) is 0 Å². The van der Waals surface area contributed by atoms with Gasteiger partial charge in [0.05, 0.1) is 11.3 Å². The summed E-state index contributed by atoms with van der Waals surface area (Å²) in [5.41, 5.74) is 1.21. The van der Waals surface area contributed by atoms with E-state index in [1.54, 1.807) is 13.8 Å². The van der Waals surface area contributed by atoms with Crippen LogP contribution in [0.2, 0.25) is 0 Å². The summed E-state index contributed by atoms with van der Waals surface area (Å²) >= 11 is 3.47. The molecule has 1 rings (SSSR count). The summed E-state index contributed by atoms with van der Waals surface area (Å²) in [5.74, 6) is 0. The lowest BCUT2D eigenvalue weighted by atomic mass is 9.98. The highest BCUT2D eigenvalue weighted by atomic mass is 79.9. The highest BCUT2D eigenvalue weighted by Crippen LogP contribution is 2.30. The SMILES string of the molecule is CN(C)c1cc(C(C)(C)O)ccc1Br. The van der Waals surface area contributed by atoms with Gasteiger partial charge in [0.1, 0.15) is 0 Å². The zero-order valence-electron chi connectivity index (χ0n) is 9.00. The smallest absolute Gasteiger partial charge is 0.0841 e. The summed E-state index contributed by atoms with van der Waals surface area (Å²) in [4.78, 5) is 2.01. The summed E-state index contributed by atoms with van der Waals surface area (Å²) in [7, 11) is 3.96. The largest absolute Gasteiger partial charge is 0.386 e. The number of rotatable bonds is 2. The van der Waals surface area contributed by atoms with E-state index >= 15 is 0 Å². The molecule has 2 nitrogen and oxygen atoms in total. The molecule has 0 aliphatic rings. The molecule has 0 heterocycles. The summed E-state index contributed by atoms with van der Waals surface area (Å²) < 4.78 is 1.04. The first-order valence-electron chi connectivity index (χ1n) is 4.52. The van der Waals surface area contributed by atoms with Gasteiger partial charge in [0, 0.05) is 18.6 Å². The lowest BCUT2D eigenvalue weighted by Crippen LogP contribution is -2.17. The predicted molar refractivity (Wildman–Crippen MR) is 63.7 cm³/mol. The van der Waals surface area contributed by atoms with Crippen molar-refractivity contribution in [1.82, 2.24) is 0 Å². The van der Waals surface area contributed by atoms with E-state index in [2.05, 4.69) is 15.9 Å². The first kappa shape index (κ1) is 11.5. The third-order valence-electron chi connectivity index (χ3n) is 2.13. The van der Waals surface area contributed by atoms with Crippen LogP contribution in [0.5, 0.6) is 0 Å². The maximum Gasteiger partial charge on any atom is 0.0841 e. The summed E-state index contributed by atoms with van der Waals surface area (Å²) in [6.07, 6.45) is 0. The van der Waals surface area contributed by atoms with Gasteiger partial charge in [0.15, 0.2) is 0 Å². The molecule has 0 aliphatic carbocycles. The van der Waals surface area contributed by atoms with Gasteiger partial charge in [-0.25, -0.2) is 0 Å². The summed E-state index contributed by atoms with van der Waals surface area (Å²) in [6, 6.07) is 5.88. The lowest BCUT2D eigenvalue weighted by molar-refractivity contribution is 0.0786. The van der Waals surface area contributed by atoms with Crippen LogP contribution >= 0.6 is 15.9 Å². The average molecular weight is 258 g/mol. The van der Waals surface area contributed by atoms with Crippen LogP contribution in [0.3, 0.4) is 0 Å². The fourth-order valence-corrected chi connectivity index (χ4v) is 1.84. The van der Waals surface area contributed by atoms with Crippen molar-refractivity contribution < 1.29 is 5.11 Å². The maximum absolute atomic E-state index is 9.85. The molecule has 0 radical (unpaired) electrons. The zero-order chi connectivity index (χ0) is 10.9. The van der Waals surface area contributed by atoms with E-state index < -0.39 is 5.60 Å². The van der Waals surface area contributed by atoms with Crippen LogP contribution < -0.4 is 4.90 Å². The Morgan fingerprint density at radius 3 is 2.29 bits per heavy atom. The molecule has 1 aromatic carbocycles. The molecule has 0 saturated carbocycles. The molecular formula is C11H16BrNO. The van der Waals surface area contributed by atoms with Crippen LogP contribution in [-0.4, -0.2) is 19.2 Å². The number of benzene rings is 1. The van der Waals surface area contributed by atoms with Crippen LogP contribution in [0.1, 0.15) is 19.4 Å². The Morgan fingerprint density at radius 2 is 1.86 bits per heavy atom. The molecule has 0 atom stereocenters. The van der Waals surface area contributed by atoms with Crippen molar-refractivity contribution in [3.63, 3.8) is 0 Å². The van der Waals surface area contributed by atoms with Crippen molar-refractivity contribution in [2.45, 2.75) is 19.4 Å². The van der Waals surface area contributed by atoms with Crippen LogP contribution in [0.4, 0.5) is 5.69 Å². The van der Waals surface area contributed by atoms with Gasteiger partial charge in [-0.15, -0.1) is 0 Å². The van der Waals surface area contributed by atoms with Gasteiger partial charge >= 0.3 is 0 Å². The van der Waals surface area contributed by atoms with E-state index in [4.69, 9.17) is 0 Å². The molecular weight excluding hydrogens is 242 g/mol. The molecule has 0 aromatic heterocycles. The topological polar surface area (TPSA) is 23.5 Å². The highest BCUT2D eigenvalue weighted by molar-refractivity contribution is 9.10. The second kappa shape index (κ2) is 3.91. The Bertz CT molecular complexity index is 329. The fraction of sp³-hybridized carbons (Fsp3) is 0.455. The van der Waals surface area contributed by atoms with E-state index in [9.17, 15) is 5.11 Å². The van der Waals surface area contributed by atoms with Gasteiger partial charge in [-0.2, -0.15) is 0 Å². The predicted octanol–water partition coefficient (Wildman–Crippen LogP) is 2.74. The molecule has 1 aromatic rings. The first-order chi connectivity index (χ1) is 6.32. The molecule has 0 unspecified atom stereocenters. The highest BCUT2D eigenvalue weighted by Gasteiger charge is 2.17. The number of halogens is 1. The monoisotopic (exact) mass is 257 g/mol. The second-order valence-corrected chi connectivity index (χ2v) is 4.97. The minimum Gasteiger partial charge on any atom is -0.386 e. The molecule has 0 amide bonds. The van der Waals surface area contributed by atoms with Crippen molar-refractivity contribution in [1.29, 1.82) is 0 Å². The van der Waals surface area contributed by atoms with Crippen LogP contribution in [0.25, 0.3) is 0 Å². The third kappa shape index (κ3) is 2.49. The minimum atomic E-state index is -0.786. The number of aliphatic hydroxyl groups is 1. The van der Waals surface area contributed by atoms with Crippen molar-refractivity contribution in [2.75, 3.05) is 19.0 Å². The normalized spacial score (nSPS) is 11.6. The molecule has 3 heteroatoms. The van der Waals surface area contributed by atoms with E-state index in [1.165, 1.54) is 0 Å². The van der Waals surface area contributed by atoms with Crippen LogP contribution in [-0.2, 0) is 5.60 Å². The van der Waals surface area contributed by atoms with Gasteiger partial charge in [-0.3, -0.25) is 0 Å². The van der Waals surface area contributed by atoms with Crippen LogP contribution in [0.15, 0.2) is 22.7 Å². The third-order valence-corrected chi connectivity index (χ3v) is 2.80. The second-order valence-electron chi connectivity index (χ2n) is 4.12. The number of hydrogen-bond acceptors (Lipinski definition) is 2. The van der Waals surface area contributed by atoms with Crippen molar-refractivity contribution >= 4 is 21.6 Å². The van der Waals surface area contributed by atoms with Crippen molar-refractivity contribution in [3.05, 3.63) is 28.2 Å². The summed E-state index contributed by atoms with van der Waals surface area (Å²) in [6.45, 7) is 3.57. The molecule has 0 bridgehead atoms. The quantitative estimate of drug-likeness (QED) is 0.881. The van der Waals surface area contributed by atoms with Crippen LogP contribution in [0, 0.1) is 0 Å². The minimum absolute atomic E-state index is 0.786. The Morgan fingerprint density at radius 1 is 1.29 bits per heavy atom. The average Bonchev–Trinajstić information content (AvgIpc) is 2.02. The molecule has 14 heavy (non-hydrogen) atoms. The van der Waals surface area contributed by atoms with E-state index in [0.29, 0.717) is 0 Å². The standard InChI is InChI=1S/C11H16BrNO/c1-11(2,14)8-5-6-9(12)10(7-8)13(3)4/h5-7,14H,1-4H3. The molecule has 0 spiro atoms. The first-order valence-corrected chi connectivity index (χ1v) is 5.31. The Kier molecular flexibility index (Phi) is 3.22. The Hall–Kier alpha value is -0.540. The number of nitrogens with zero attached hydrogens (tertiary/aromatic N) is 1. The van der Waals surface area contributed by atoms with E-state index in [-0.39, 0.29) is 0 Å². The van der Waals surface area contributed by atoms with E-state index in [0.717, 1.165) is 15.7 Å². The molecule has 0 saturated heterocycles. The fourth-order valence-electron chi connectivity index (χ4n) is 1.24. The van der Waals surface area contributed by atoms with Gasteiger partial charge in [0.2, 0.25) is 0 Å². The molecule has 0 fully saturated rings. The Labute approximate surface area is 93.7 Å². The van der Waals surface area contributed by atoms with E-state index in [1.807, 2.05) is 37.2 Å². The number of hydrogen-bond donors (Lipinski definition) is 1. The van der Waals surface area contributed by atoms with Gasteiger partial charge in [-0.1, -0.05) is 6.07 Å². The van der Waals surface area contributed by atoms with Gasteiger partial charge in [0.25, 0.3) is 0 Å². The van der Waals surface area contributed by atoms with Gasteiger partial charge < -0.3 is 10.0 Å². The molecule has 78 valence electrons. The van der Waals surface area contributed by atoms with Crippen molar-refractivity contribution in [3.8, 4) is 0 Å². The lowest BCUT2D eigenvalue weighted by Gasteiger charge is -2.22. The molecule has 0 aliphatic heterocycles. The summed E-state index contributed by atoms with van der Waals surface area (Å²) in [5, 5.41) is 9.85. The Balaban J connectivity index is 3.20.